The molecule has 0 saturated carbocycles. The van der Waals surface area contributed by atoms with E-state index in [2.05, 4.69) is 15.2 Å². The third kappa shape index (κ3) is 2.77. The summed E-state index contributed by atoms with van der Waals surface area (Å²) in [5, 5.41) is 9.05. The van der Waals surface area contributed by atoms with E-state index in [-0.39, 0.29) is 6.61 Å². The SMILES string of the molecule is COc1ccc2c(OCc3nnc4ccc(C(N)=O)cn34)ccnc2c1. The lowest BCUT2D eigenvalue weighted by Gasteiger charge is -2.09. The van der Waals surface area contributed by atoms with Gasteiger partial charge in [0.05, 0.1) is 18.2 Å². The number of carbonyl (C=O) groups excluding carboxylic acids is 1. The smallest absolute Gasteiger partial charge is 0.250 e. The number of ether oxygens (including phenoxy) is 2. The third-order valence-corrected chi connectivity index (χ3v) is 4.02. The predicted molar refractivity (Wildman–Crippen MR) is 94.1 cm³/mol. The Balaban J connectivity index is 1.65. The van der Waals surface area contributed by atoms with E-state index >= 15 is 0 Å². The predicted octanol–water partition coefficient (Wildman–Crippen LogP) is 1.96. The molecule has 4 rings (SSSR count). The van der Waals surface area contributed by atoms with Crippen molar-refractivity contribution < 1.29 is 14.3 Å². The number of carbonyl (C=O) groups is 1. The summed E-state index contributed by atoms with van der Waals surface area (Å²) in [6.45, 7) is 0.175. The zero-order valence-electron chi connectivity index (χ0n) is 13.9. The van der Waals surface area contributed by atoms with Crippen LogP contribution in [0.25, 0.3) is 16.6 Å². The molecular weight excluding hydrogens is 334 g/mol. The number of nitrogens with zero attached hydrogens (tertiary/aromatic N) is 4. The number of hydrogen-bond donors (Lipinski definition) is 1. The van der Waals surface area contributed by atoms with Gasteiger partial charge in [-0.05, 0) is 30.3 Å². The number of aromatic nitrogens is 4. The first-order valence-electron chi connectivity index (χ1n) is 7.85. The van der Waals surface area contributed by atoms with Crippen molar-refractivity contribution in [2.24, 2.45) is 5.73 Å². The number of pyridine rings is 2. The van der Waals surface area contributed by atoms with Gasteiger partial charge >= 0.3 is 0 Å². The summed E-state index contributed by atoms with van der Waals surface area (Å²) >= 11 is 0. The average molecular weight is 349 g/mol. The molecule has 0 aliphatic carbocycles. The van der Waals surface area contributed by atoms with Gasteiger partial charge in [0, 0.05) is 23.8 Å². The molecule has 2 N–H and O–H groups in total. The molecule has 1 amide bonds. The van der Waals surface area contributed by atoms with Crippen LogP contribution in [-0.4, -0.2) is 32.6 Å². The second-order valence-corrected chi connectivity index (χ2v) is 5.61. The topological polar surface area (TPSA) is 105 Å². The maximum atomic E-state index is 11.4. The molecule has 3 heterocycles. The van der Waals surface area contributed by atoms with Crippen LogP contribution in [0.15, 0.2) is 48.8 Å². The number of fused-ring (bicyclic) bond motifs is 2. The van der Waals surface area contributed by atoms with E-state index in [1.807, 2.05) is 18.2 Å². The van der Waals surface area contributed by atoms with Crippen molar-refractivity contribution in [2.45, 2.75) is 6.61 Å². The van der Waals surface area contributed by atoms with Crippen molar-refractivity contribution in [1.29, 1.82) is 0 Å². The summed E-state index contributed by atoms with van der Waals surface area (Å²) in [5.74, 6) is 1.44. The summed E-state index contributed by atoms with van der Waals surface area (Å²) in [5.41, 5.74) is 7.08. The van der Waals surface area contributed by atoms with Gasteiger partial charge in [-0.15, -0.1) is 10.2 Å². The van der Waals surface area contributed by atoms with E-state index in [0.717, 1.165) is 16.7 Å². The highest BCUT2D eigenvalue weighted by Crippen LogP contribution is 2.27. The molecule has 3 aromatic heterocycles. The van der Waals surface area contributed by atoms with Crippen molar-refractivity contribution in [3.05, 3.63) is 60.2 Å². The number of nitrogens with two attached hydrogens (primary N) is 1. The van der Waals surface area contributed by atoms with Gasteiger partial charge in [-0.3, -0.25) is 14.2 Å². The van der Waals surface area contributed by atoms with Crippen molar-refractivity contribution in [3.8, 4) is 11.5 Å². The van der Waals surface area contributed by atoms with Crippen molar-refractivity contribution in [2.75, 3.05) is 7.11 Å². The van der Waals surface area contributed by atoms with E-state index < -0.39 is 5.91 Å². The Morgan fingerprint density at radius 1 is 1.19 bits per heavy atom. The highest BCUT2D eigenvalue weighted by molar-refractivity contribution is 5.92. The Labute approximate surface area is 148 Å². The number of hydrogen-bond acceptors (Lipinski definition) is 6. The summed E-state index contributed by atoms with van der Waals surface area (Å²) in [7, 11) is 1.61. The van der Waals surface area contributed by atoms with Gasteiger partial charge in [0.25, 0.3) is 0 Å². The van der Waals surface area contributed by atoms with Crippen LogP contribution in [0.4, 0.5) is 0 Å². The minimum atomic E-state index is -0.512. The molecule has 0 radical (unpaired) electrons. The van der Waals surface area contributed by atoms with Crippen LogP contribution in [0, 0.1) is 0 Å². The van der Waals surface area contributed by atoms with Gasteiger partial charge in [0.15, 0.2) is 11.5 Å². The minimum absolute atomic E-state index is 0.175. The summed E-state index contributed by atoms with van der Waals surface area (Å²) < 4.78 is 12.8. The fraction of sp³-hybridized carbons (Fsp3) is 0.111. The molecule has 130 valence electrons. The highest BCUT2D eigenvalue weighted by atomic mass is 16.5. The molecule has 4 aromatic rings. The van der Waals surface area contributed by atoms with Crippen molar-refractivity contribution in [3.63, 3.8) is 0 Å². The normalized spacial score (nSPS) is 11.0. The van der Waals surface area contributed by atoms with Crippen LogP contribution < -0.4 is 15.2 Å². The van der Waals surface area contributed by atoms with Crippen LogP contribution in [0.5, 0.6) is 11.5 Å². The molecular formula is C18H15N5O3. The molecule has 8 nitrogen and oxygen atoms in total. The summed E-state index contributed by atoms with van der Waals surface area (Å²) in [6, 6.07) is 10.7. The van der Waals surface area contributed by atoms with Crippen LogP contribution in [0.1, 0.15) is 16.2 Å². The quantitative estimate of drug-likeness (QED) is 0.590. The molecule has 0 unspecified atom stereocenters. The molecule has 0 bridgehead atoms. The molecule has 0 saturated heterocycles. The lowest BCUT2D eigenvalue weighted by atomic mass is 10.2. The van der Waals surface area contributed by atoms with Crippen LogP contribution in [0.2, 0.25) is 0 Å². The monoisotopic (exact) mass is 349 g/mol. The molecule has 0 atom stereocenters. The fourth-order valence-electron chi connectivity index (χ4n) is 2.68. The summed E-state index contributed by atoms with van der Waals surface area (Å²) in [4.78, 5) is 15.7. The van der Waals surface area contributed by atoms with E-state index in [0.29, 0.717) is 22.8 Å². The number of rotatable bonds is 5. The second-order valence-electron chi connectivity index (χ2n) is 5.61. The standard InChI is InChI=1S/C18H15N5O3/c1-25-12-3-4-13-14(8-12)20-7-6-15(13)26-10-17-22-21-16-5-2-11(18(19)24)9-23(16)17/h2-9H,10H2,1H3,(H2,19,24). The molecule has 0 fully saturated rings. The lowest BCUT2D eigenvalue weighted by molar-refractivity contribution is 0.1000. The van der Waals surface area contributed by atoms with Gasteiger partial charge in [0.2, 0.25) is 5.91 Å². The molecule has 0 aliphatic heterocycles. The van der Waals surface area contributed by atoms with Crippen molar-refractivity contribution in [1.82, 2.24) is 19.6 Å². The van der Waals surface area contributed by atoms with Crippen LogP contribution in [-0.2, 0) is 6.61 Å². The molecule has 0 aliphatic rings. The Morgan fingerprint density at radius 3 is 2.88 bits per heavy atom. The van der Waals surface area contributed by atoms with E-state index in [1.54, 1.807) is 42.1 Å². The number of benzene rings is 1. The highest BCUT2D eigenvalue weighted by Gasteiger charge is 2.11. The molecule has 8 heteroatoms. The maximum absolute atomic E-state index is 11.4. The van der Waals surface area contributed by atoms with Gasteiger partial charge in [-0.2, -0.15) is 0 Å². The Kier molecular flexibility index (Phi) is 3.85. The van der Waals surface area contributed by atoms with Crippen LogP contribution in [0.3, 0.4) is 0 Å². The summed E-state index contributed by atoms with van der Waals surface area (Å²) in [6.07, 6.45) is 3.27. The first-order chi connectivity index (χ1) is 12.7. The number of amides is 1. The maximum Gasteiger partial charge on any atom is 0.250 e. The Morgan fingerprint density at radius 2 is 2.08 bits per heavy atom. The largest absolute Gasteiger partial charge is 0.497 e. The third-order valence-electron chi connectivity index (χ3n) is 4.02. The van der Waals surface area contributed by atoms with E-state index in [9.17, 15) is 4.79 Å². The van der Waals surface area contributed by atoms with Gasteiger partial charge in [-0.1, -0.05) is 0 Å². The Hall–Kier alpha value is -3.68. The first-order valence-corrected chi connectivity index (χ1v) is 7.85. The number of primary amides is 1. The number of methoxy groups -OCH3 is 1. The zero-order valence-corrected chi connectivity index (χ0v) is 13.9. The zero-order chi connectivity index (χ0) is 18.1. The van der Waals surface area contributed by atoms with E-state index in [1.165, 1.54) is 0 Å². The Bertz CT molecular complexity index is 1120. The fourth-order valence-corrected chi connectivity index (χ4v) is 2.68. The molecule has 1 aromatic carbocycles. The van der Waals surface area contributed by atoms with E-state index in [4.69, 9.17) is 15.2 Å². The minimum Gasteiger partial charge on any atom is -0.497 e. The van der Waals surface area contributed by atoms with Crippen LogP contribution >= 0.6 is 0 Å². The molecule has 26 heavy (non-hydrogen) atoms. The average Bonchev–Trinajstić information content (AvgIpc) is 3.08. The van der Waals surface area contributed by atoms with Gasteiger partial charge < -0.3 is 15.2 Å². The first kappa shape index (κ1) is 15.8. The lowest BCUT2D eigenvalue weighted by Crippen LogP contribution is -2.12. The van der Waals surface area contributed by atoms with Crippen molar-refractivity contribution >= 4 is 22.5 Å². The second kappa shape index (κ2) is 6.32. The van der Waals surface area contributed by atoms with Gasteiger partial charge in [-0.25, -0.2) is 0 Å². The van der Waals surface area contributed by atoms with Gasteiger partial charge in [0.1, 0.15) is 18.1 Å². The molecule has 0 spiro atoms.